The lowest BCUT2D eigenvalue weighted by atomic mass is 9.89. The van der Waals surface area contributed by atoms with E-state index in [0.717, 1.165) is 85.3 Å². The van der Waals surface area contributed by atoms with Crippen molar-refractivity contribution in [3.8, 4) is 5.75 Å². The topological polar surface area (TPSA) is 32.7 Å². The summed E-state index contributed by atoms with van der Waals surface area (Å²) in [5.74, 6) is 0.850. The van der Waals surface area contributed by atoms with Crippen molar-refractivity contribution < 1.29 is 14.2 Å². The van der Waals surface area contributed by atoms with E-state index in [0.29, 0.717) is 16.5 Å². The Hall–Kier alpha value is -3.15. The summed E-state index contributed by atoms with van der Waals surface area (Å²) in [6.07, 6.45) is 11.4. The number of aliphatic hydroxyl groups is 1. The van der Waals surface area contributed by atoms with Gasteiger partial charge in [0, 0.05) is 29.7 Å². The van der Waals surface area contributed by atoms with Crippen LogP contribution in [0.4, 0.5) is 4.39 Å². The third-order valence-corrected chi connectivity index (χ3v) is 9.42. The molecule has 1 aliphatic heterocycles. The van der Waals surface area contributed by atoms with Gasteiger partial charge in [0.25, 0.3) is 0 Å². The number of hydrogen-bond acceptors (Lipinski definition) is 3. The number of likely N-dealkylation sites (tertiary alicyclic amines) is 1. The fraction of sp³-hybridized carbons (Fsp3) is 0.350. The number of ether oxygens (including phenoxy) is 1. The van der Waals surface area contributed by atoms with E-state index in [1.807, 2.05) is 42.5 Å². The van der Waals surface area contributed by atoms with Crippen LogP contribution in [0.3, 0.4) is 0 Å². The van der Waals surface area contributed by atoms with Gasteiger partial charge >= 0.3 is 0 Å². The first kappa shape index (κ1) is 34.2. The molecule has 46 heavy (non-hydrogen) atoms. The van der Waals surface area contributed by atoms with Crippen LogP contribution in [0.15, 0.2) is 97.1 Å². The molecule has 1 fully saturated rings. The summed E-state index contributed by atoms with van der Waals surface area (Å²) in [6, 6.07) is 22.3. The van der Waals surface area contributed by atoms with E-state index in [2.05, 4.69) is 54.0 Å². The zero-order chi connectivity index (χ0) is 32.7. The zero-order valence-corrected chi connectivity index (χ0v) is 28.4. The molecule has 0 radical (unpaired) electrons. The van der Waals surface area contributed by atoms with Gasteiger partial charge in [-0.05, 0) is 116 Å². The van der Waals surface area contributed by atoms with Gasteiger partial charge in [-0.1, -0.05) is 96.0 Å². The lowest BCUT2D eigenvalue weighted by Crippen LogP contribution is -2.26. The van der Waals surface area contributed by atoms with Crippen molar-refractivity contribution in [3.05, 3.63) is 129 Å². The fourth-order valence-corrected chi connectivity index (χ4v) is 6.97. The highest BCUT2D eigenvalue weighted by atomic mass is 35.5. The summed E-state index contributed by atoms with van der Waals surface area (Å²) < 4.78 is 19.0. The second-order valence-electron chi connectivity index (χ2n) is 12.8. The molecule has 0 saturated carbocycles. The van der Waals surface area contributed by atoms with Gasteiger partial charge in [0.1, 0.15) is 11.9 Å². The van der Waals surface area contributed by atoms with Crippen LogP contribution in [0.5, 0.6) is 5.75 Å². The Morgan fingerprint density at radius 3 is 2.48 bits per heavy atom. The van der Waals surface area contributed by atoms with Crippen molar-refractivity contribution >= 4 is 39.9 Å². The standard InChI is InChI=1S/C40H44Cl2FNO2/c1-4-7-31(29-10-14-32(15-11-29)40(2,3)45)24-28-8-5-9-36(37-19-16-33(41)26-39(37)42)38(25-28)30-12-17-34(18-13-30)46-35-20-23-44(27-35)22-6-21-43/h4,7,10-19,24,26,35,45H,1,5-6,8-9,20-23,25,27H2,2-3H3/b28-24-,31-7+. The summed E-state index contributed by atoms with van der Waals surface area (Å²) in [7, 11) is 0. The van der Waals surface area contributed by atoms with Crippen LogP contribution in [0, 0.1) is 0 Å². The van der Waals surface area contributed by atoms with E-state index in [1.165, 1.54) is 16.7 Å². The zero-order valence-electron chi connectivity index (χ0n) is 26.9. The molecule has 1 atom stereocenters. The highest BCUT2D eigenvalue weighted by Gasteiger charge is 2.24. The predicted molar refractivity (Wildman–Crippen MR) is 192 cm³/mol. The number of benzene rings is 3. The molecule has 0 aromatic heterocycles. The first-order valence-corrected chi connectivity index (χ1v) is 17.0. The predicted octanol–water partition coefficient (Wildman–Crippen LogP) is 10.7. The van der Waals surface area contributed by atoms with Gasteiger partial charge in [0.15, 0.2) is 0 Å². The summed E-state index contributed by atoms with van der Waals surface area (Å²) in [6.45, 7) is 9.86. The molecule has 0 amide bonds. The number of allylic oxidation sites excluding steroid dienone is 7. The molecule has 242 valence electrons. The molecule has 2 aliphatic rings. The Morgan fingerprint density at radius 2 is 1.80 bits per heavy atom. The first-order valence-electron chi connectivity index (χ1n) is 16.2. The largest absolute Gasteiger partial charge is 0.489 e. The third-order valence-electron chi connectivity index (χ3n) is 8.87. The van der Waals surface area contributed by atoms with Crippen molar-refractivity contribution in [2.24, 2.45) is 0 Å². The van der Waals surface area contributed by atoms with Gasteiger partial charge in [-0.3, -0.25) is 9.29 Å². The normalized spacial score (nSPS) is 19.0. The van der Waals surface area contributed by atoms with Gasteiger partial charge in [-0.25, -0.2) is 0 Å². The monoisotopic (exact) mass is 659 g/mol. The maximum Gasteiger partial charge on any atom is 0.119 e. The Labute approximate surface area is 283 Å². The van der Waals surface area contributed by atoms with Crippen LogP contribution < -0.4 is 4.74 Å². The van der Waals surface area contributed by atoms with E-state index in [-0.39, 0.29) is 12.8 Å². The molecule has 1 heterocycles. The van der Waals surface area contributed by atoms with Gasteiger partial charge in [-0.15, -0.1) is 0 Å². The summed E-state index contributed by atoms with van der Waals surface area (Å²) >= 11 is 13.1. The summed E-state index contributed by atoms with van der Waals surface area (Å²) in [5.41, 5.74) is 8.11. The minimum atomic E-state index is -0.895. The average Bonchev–Trinajstić information content (AvgIpc) is 3.37. The lowest BCUT2D eigenvalue weighted by Gasteiger charge is -2.19. The van der Waals surface area contributed by atoms with Crippen LogP contribution in [0.25, 0.3) is 16.7 Å². The fourth-order valence-electron chi connectivity index (χ4n) is 6.45. The third kappa shape index (κ3) is 8.80. The minimum absolute atomic E-state index is 0.119. The second kappa shape index (κ2) is 15.6. The summed E-state index contributed by atoms with van der Waals surface area (Å²) in [4.78, 5) is 2.28. The average molecular weight is 661 g/mol. The molecule has 0 spiro atoms. The van der Waals surface area contributed by atoms with Gasteiger partial charge in [0.05, 0.1) is 12.3 Å². The second-order valence-corrected chi connectivity index (χ2v) is 13.6. The molecule has 3 aromatic rings. The maximum atomic E-state index is 12.6. The number of halogens is 3. The van der Waals surface area contributed by atoms with Crippen molar-refractivity contribution in [2.45, 2.75) is 64.1 Å². The number of hydrogen-bond donors (Lipinski definition) is 1. The molecule has 3 nitrogen and oxygen atoms in total. The summed E-state index contributed by atoms with van der Waals surface area (Å²) in [5, 5.41) is 11.7. The molecule has 6 heteroatoms. The highest BCUT2D eigenvalue weighted by molar-refractivity contribution is 6.36. The van der Waals surface area contributed by atoms with Crippen molar-refractivity contribution in [1.82, 2.24) is 4.90 Å². The molecular formula is C40H44Cl2FNO2. The highest BCUT2D eigenvalue weighted by Crippen LogP contribution is 2.42. The Balaban J connectivity index is 1.46. The number of rotatable bonds is 11. The molecule has 1 N–H and O–H groups in total. The SMILES string of the molecule is C=C/C=C(\C=C1\CCCC(c2ccc(Cl)cc2Cl)=C(c2ccc(OC3CCN(CCCF)C3)cc2)C1)c1ccc(C(C)(C)O)cc1. The van der Waals surface area contributed by atoms with Crippen molar-refractivity contribution in [2.75, 3.05) is 26.3 Å². The van der Waals surface area contributed by atoms with E-state index in [1.54, 1.807) is 13.8 Å². The van der Waals surface area contributed by atoms with E-state index in [9.17, 15) is 9.50 Å². The Morgan fingerprint density at radius 1 is 1.04 bits per heavy atom. The number of nitrogens with zero attached hydrogens (tertiary/aromatic N) is 1. The van der Waals surface area contributed by atoms with Crippen molar-refractivity contribution in [1.29, 1.82) is 0 Å². The quantitative estimate of drug-likeness (QED) is 0.208. The van der Waals surface area contributed by atoms with Gasteiger partial charge < -0.3 is 9.84 Å². The van der Waals surface area contributed by atoms with Crippen LogP contribution in [0.1, 0.15) is 74.6 Å². The van der Waals surface area contributed by atoms with Crippen LogP contribution in [-0.4, -0.2) is 42.4 Å². The van der Waals surface area contributed by atoms with Gasteiger partial charge in [0.2, 0.25) is 0 Å². The van der Waals surface area contributed by atoms with Crippen LogP contribution in [0.2, 0.25) is 10.0 Å². The first-order chi connectivity index (χ1) is 22.1. The molecule has 0 bridgehead atoms. The lowest BCUT2D eigenvalue weighted by molar-refractivity contribution is 0.0786. The number of alkyl halides is 1. The Kier molecular flexibility index (Phi) is 11.6. The van der Waals surface area contributed by atoms with Crippen LogP contribution >= 0.6 is 23.2 Å². The van der Waals surface area contributed by atoms with Crippen LogP contribution in [-0.2, 0) is 5.60 Å². The van der Waals surface area contributed by atoms with Gasteiger partial charge in [-0.2, -0.15) is 0 Å². The maximum absolute atomic E-state index is 12.6. The van der Waals surface area contributed by atoms with E-state index < -0.39 is 5.60 Å². The molecular weight excluding hydrogens is 616 g/mol. The van der Waals surface area contributed by atoms with E-state index >= 15 is 0 Å². The van der Waals surface area contributed by atoms with Crippen molar-refractivity contribution in [3.63, 3.8) is 0 Å². The molecule has 5 rings (SSSR count). The Bertz CT molecular complexity index is 1600. The molecule has 1 unspecified atom stereocenters. The minimum Gasteiger partial charge on any atom is -0.489 e. The molecule has 3 aromatic carbocycles. The smallest absolute Gasteiger partial charge is 0.119 e. The van der Waals surface area contributed by atoms with E-state index in [4.69, 9.17) is 27.9 Å². The molecule has 1 saturated heterocycles. The molecule has 1 aliphatic carbocycles.